The van der Waals surface area contributed by atoms with E-state index in [1.165, 1.54) is 0 Å². The van der Waals surface area contributed by atoms with Crippen molar-refractivity contribution in [2.75, 3.05) is 18.0 Å². The first-order chi connectivity index (χ1) is 15.9. The van der Waals surface area contributed by atoms with Crippen molar-refractivity contribution < 1.29 is 18.4 Å². The Labute approximate surface area is 194 Å². The molecule has 0 aromatic heterocycles. The van der Waals surface area contributed by atoms with Crippen LogP contribution in [0.25, 0.3) is 11.1 Å². The van der Waals surface area contributed by atoms with Crippen LogP contribution in [-0.4, -0.2) is 38.7 Å². The Morgan fingerprint density at radius 1 is 0.939 bits per heavy atom. The molecule has 0 unspecified atom stereocenters. The summed E-state index contributed by atoms with van der Waals surface area (Å²) in [7, 11) is -3.60. The van der Waals surface area contributed by atoms with Gasteiger partial charge in [0.15, 0.2) is 0 Å². The van der Waals surface area contributed by atoms with E-state index in [9.17, 15) is 13.2 Å². The summed E-state index contributed by atoms with van der Waals surface area (Å²) in [5.74, 6) is -0.547. The van der Waals surface area contributed by atoms with E-state index in [0.29, 0.717) is 31.5 Å². The van der Waals surface area contributed by atoms with Gasteiger partial charge in [-0.1, -0.05) is 42.5 Å². The molecule has 1 aliphatic heterocycles. The Bertz CT molecular complexity index is 1220. The summed E-state index contributed by atoms with van der Waals surface area (Å²) in [4.78, 5) is 14.0. The van der Waals surface area contributed by atoms with Crippen molar-refractivity contribution in [3.63, 3.8) is 0 Å². The van der Waals surface area contributed by atoms with Gasteiger partial charge < -0.3 is 4.90 Å². The topological polar surface area (TPSA) is 98.7 Å². The van der Waals surface area contributed by atoms with Crippen LogP contribution in [0, 0.1) is 6.92 Å². The normalized spacial score (nSPS) is 14.8. The Morgan fingerprint density at radius 3 is 2.18 bits per heavy atom. The molecule has 0 bridgehead atoms. The number of benzene rings is 3. The van der Waals surface area contributed by atoms with E-state index in [4.69, 9.17) is 5.21 Å². The predicted octanol–water partition coefficient (Wildman–Crippen LogP) is 3.73. The molecular weight excluding hydrogens is 438 g/mol. The van der Waals surface area contributed by atoms with Crippen LogP contribution in [0.5, 0.6) is 0 Å². The average Bonchev–Trinajstić information content (AvgIpc) is 2.84. The molecule has 1 amide bonds. The van der Waals surface area contributed by atoms with Gasteiger partial charge in [-0.2, -0.15) is 0 Å². The SMILES string of the molecule is Cc1cc(C(=O)NO)ccc1N1CCC(NS(=O)(=O)c2ccc(-c3ccccc3)cc2)CC1. The molecule has 0 saturated carbocycles. The second kappa shape index (κ2) is 9.74. The lowest BCUT2D eigenvalue weighted by atomic mass is 10.0. The van der Waals surface area contributed by atoms with Gasteiger partial charge in [-0.15, -0.1) is 0 Å². The molecule has 0 aliphatic carbocycles. The number of hydrogen-bond acceptors (Lipinski definition) is 5. The molecule has 1 heterocycles. The minimum absolute atomic E-state index is 0.139. The van der Waals surface area contributed by atoms with Crippen LogP contribution >= 0.6 is 0 Å². The van der Waals surface area contributed by atoms with Gasteiger partial charge in [-0.3, -0.25) is 10.0 Å². The zero-order chi connectivity index (χ0) is 23.4. The van der Waals surface area contributed by atoms with Crippen molar-refractivity contribution in [3.8, 4) is 11.1 Å². The van der Waals surface area contributed by atoms with E-state index in [-0.39, 0.29) is 10.9 Å². The van der Waals surface area contributed by atoms with Crippen LogP contribution in [0.1, 0.15) is 28.8 Å². The number of aryl methyl sites for hydroxylation is 1. The number of nitrogens with zero attached hydrogens (tertiary/aromatic N) is 1. The highest BCUT2D eigenvalue weighted by Gasteiger charge is 2.25. The second-order valence-corrected chi connectivity index (χ2v) is 9.93. The van der Waals surface area contributed by atoms with Gasteiger partial charge in [0, 0.05) is 30.4 Å². The number of piperidine rings is 1. The fourth-order valence-corrected chi connectivity index (χ4v) is 5.50. The van der Waals surface area contributed by atoms with Gasteiger partial charge >= 0.3 is 0 Å². The zero-order valence-electron chi connectivity index (χ0n) is 18.4. The third kappa shape index (κ3) is 5.24. The van der Waals surface area contributed by atoms with E-state index in [0.717, 1.165) is 22.4 Å². The highest BCUT2D eigenvalue weighted by atomic mass is 32.2. The number of carbonyl (C=O) groups excluding carboxylic acids is 1. The Morgan fingerprint density at radius 2 is 1.58 bits per heavy atom. The van der Waals surface area contributed by atoms with Crippen LogP contribution in [0.3, 0.4) is 0 Å². The third-order valence-electron chi connectivity index (χ3n) is 5.99. The summed E-state index contributed by atoms with van der Waals surface area (Å²) in [5.41, 5.74) is 5.97. The van der Waals surface area contributed by atoms with Gasteiger partial charge in [0.2, 0.25) is 10.0 Å². The molecular formula is C25H27N3O4S. The molecule has 1 aliphatic rings. The number of rotatable bonds is 6. The van der Waals surface area contributed by atoms with Gasteiger partial charge in [0.05, 0.1) is 4.90 Å². The van der Waals surface area contributed by atoms with Gasteiger partial charge in [-0.05, 0) is 66.8 Å². The first-order valence-corrected chi connectivity index (χ1v) is 12.3. The van der Waals surface area contributed by atoms with Crippen molar-refractivity contribution >= 4 is 21.6 Å². The Balaban J connectivity index is 1.38. The maximum Gasteiger partial charge on any atom is 0.274 e. The molecule has 1 fully saturated rings. The lowest BCUT2D eigenvalue weighted by Crippen LogP contribution is -2.44. The van der Waals surface area contributed by atoms with Gasteiger partial charge in [0.1, 0.15) is 0 Å². The molecule has 3 aromatic carbocycles. The van der Waals surface area contributed by atoms with Gasteiger partial charge in [-0.25, -0.2) is 18.6 Å². The minimum atomic E-state index is -3.60. The highest BCUT2D eigenvalue weighted by Crippen LogP contribution is 2.26. The lowest BCUT2D eigenvalue weighted by Gasteiger charge is -2.34. The van der Waals surface area contributed by atoms with Crippen LogP contribution in [0.4, 0.5) is 5.69 Å². The molecule has 7 nitrogen and oxygen atoms in total. The third-order valence-corrected chi connectivity index (χ3v) is 7.53. The number of hydrogen-bond donors (Lipinski definition) is 3. The fraction of sp³-hybridized carbons (Fsp3) is 0.240. The highest BCUT2D eigenvalue weighted by molar-refractivity contribution is 7.89. The summed E-state index contributed by atoms with van der Waals surface area (Å²) in [5, 5.41) is 8.80. The maximum absolute atomic E-state index is 12.9. The second-order valence-electron chi connectivity index (χ2n) is 8.22. The Kier molecular flexibility index (Phi) is 6.78. The van der Waals surface area contributed by atoms with E-state index in [1.807, 2.05) is 55.5 Å². The summed E-state index contributed by atoms with van der Waals surface area (Å²) in [6.07, 6.45) is 1.36. The molecule has 172 valence electrons. The fourth-order valence-electron chi connectivity index (χ4n) is 4.20. The molecule has 33 heavy (non-hydrogen) atoms. The smallest absolute Gasteiger partial charge is 0.274 e. The van der Waals surface area contributed by atoms with E-state index in [1.54, 1.807) is 29.7 Å². The molecule has 4 rings (SSSR count). The van der Waals surface area contributed by atoms with Crippen LogP contribution in [0.2, 0.25) is 0 Å². The first kappa shape index (κ1) is 23.0. The predicted molar refractivity (Wildman–Crippen MR) is 128 cm³/mol. The van der Waals surface area contributed by atoms with Crippen LogP contribution in [-0.2, 0) is 10.0 Å². The number of hydroxylamine groups is 1. The molecule has 0 spiro atoms. The number of carbonyl (C=O) groups is 1. The van der Waals surface area contributed by atoms with Crippen molar-refractivity contribution in [3.05, 3.63) is 83.9 Å². The average molecular weight is 466 g/mol. The Hall–Kier alpha value is -3.20. The standard InChI is InChI=1S/C25H27N3O4S/c1-18-17-21(25(29)26-30)9-12-24(18)28-15-13-22(14-16-28)27-33(31,32)23-10-7-20(8-11-23)19-5-3-2-4-6-19/h2-12,17,22,27,30H,13-16H2,1H3,(H,26,29). The van der Waals surface area contributed by atoms with E-state index in [2.05, 4.69) is 9.62 Å². The molecule has 0 radical (unpaired) electrons. The van der Waals surface area contributed by atoms with Gasteiger partial charge in [0.25, 0.3) is 5.91 Å². The van der Waals surface area contributed by atoms with Crippen molar-refractivity contribution in [1.82, 2.24) is 10.2 Å². The lowest BCUT2D eigenvalue weighted by molar-refractivity contribution is 0.0706. The number of nitrogens with one attached hydrogen (secondary N) is 2. The molecule has 3 N–H and O–H groups in total. The first-order valence-electron chi connectivity index (χ1n) is 10.9. The zero-order valence-corrected chi connectivity index (χ0v) is 19.2. The van der Waals surface area contributed by atoms with E-state index < -0.39 is 15.9 Å². The summed E-state index contributed by atoms with van der Waals surface area (Å²) in [6, 6.07) is 21.9. The summed E-state index contributed by atoms with van der Waals surface area (Å²) in [6.45, 7) is 3.32. The minimum Gasteiger partial charge on any atom is -0.371 e. The van der Waals surface area contributed by atoms with Crippen molar-refractivity contribution in [2.24, 2.45) is 0 Å². The maximum atomic E-state index is 12.9. The summed E-state index contributed by atoms with van der Waals surface area (Å²) < 4.78 is 28.7. The number of sulfonamides is 1. The quantitative estimate of drug-likeness (QED) is 0.381. The monoisotopic (exact) mass is 465 g/mol. The van der Waals surface area contributed by atoms with Crippen molar-refractivity contribution in [1.29, 1.82) is 0 Å². The van der Waals surface area contributed by atoms with Crippen LogP contribution in [0.15, 0.2) is 77.7 Å². The van der Waals surface area contributed by atoms with Crippen LogP contribution < -0.4 is 15.1 Å². The molecule has 3 aromatic rings. The number of anilines is 1. The molecule has 1 saturated heterocycles. The molecule has 8 heteroatoms. The van der Waals surface area contributed by atoms with E-state index >= 15 is 0 Å². The molecule has 0 atom stereocenters. The number of amides is 1. The van der Waals surface area contributed by atoms with Crippen molar-refractivity contribution in [2.45, 2.75) is 30.7 Å². The largest absolute Gasteiger partial charge is 0.371 e. The summed E-state index contributed by atoms with van der Waals surface area (Å²) >= 11 is 0.